The van der Waals surface area contributed by atoms with Gasteiger partial charge in [0.25, 0.3) is 0 Å². The topological polar surface area (TPSA) is 54.5 Å². The third kappa shape index (κ3) is 4.53. The number of hydrogen-bond donors (Lipinski definition) is 0. The molecule has 1 amide bonds. The van der Waals surface area contributed by atoms with E-state index >= 15 is 0 Å². The minimum atomic E-state index is -3.02. The van der Waals surface area contributed by atoms with E-state index in [1.165, 1.54) is 12.1 Å². The summed E-state index contributed by atoms with van der Waals surface area (Å²) in [6.45, 7) is 4.00. The highest BCUT2D eigenvalue weighted by atomic mass is 32.2. The van der Waals surface area contributed by atoms with Gasteiger partial charge < -0.3 is 4.90 Å². The van der Waals surface area contributed by atoms with E-state index in [9.17, 15) is 17.6 Å². The van der Waals surface area contributed by atoms with Crippen LogP contribution in [0.5, 0.6) is 0 Å². The Balaban J connectivity index is 1.91. The Hall–Kier alpha value is -1.43. The van der Waals surface area contributed by atoms with Crippen LogP contribution in [0, 0.1) is 11.7 Å². The van der Waals surface area contributed by atoms with E-state index in [0.29, 0.717) is 12.8 Å². The Morgan fingerprint density at radius 2 is 2.18 bits per heavy atom. The molecule has 0 radical (unpaired) electrons. The van der Waals surface area contributed by atoms with Gasteiger partial charge in [-0.15, -0.1) is 0 Å². The molecule has 1 heterocycles. The van der Waals surface area contributed by atoms with Crippen molar-refractivity contribution < 1.29 is 17.6 Å². The Morgan fingerprint density at radius 1 is 1.45 bits per heavy atom. The third-order valence-electron chi connectivity index (χ3n) is 3.99. The second kappa shape index (κ2) is 6.77. The molecule has 0 bridgehead atoms. The van der Waals surface area contributed by atoms with Crippen molar-refractivity contribution in [1.82, 2.24) is 4.90 Å². The number of amides is 1. The molecule has 1 aromatic carbocycles. The zero-order valence-electron chi connectivity index (χ0n) is 13.0. The standard InChI is InChI=1S/C16H22FNO3S/c1-12(8-14-4-3-5-15(17)10-14)9-16(19)18-6-7-22(20,21)11-13(18)2/h3-5,10,12-13H,6-9,11H2,1-2H3/t12-,13-/m1/s1. The van der Waals surface area contributed by atoms with Crippen molar-refractivity contribution in [1.29, 1.82) is 0 Å². The minimum absolute atomic E-state index is 0.0219. The van der Waals surface area contributed by atoms with Gasteiger partial charge in [-0.05, 0) is 37.0 Å². The maximum atomic E-state index is 13.2. The fourth-order valence-electron chi connectivity index (χ4n) is 2.92. The fraction of sp³-hybridized carbons (Fsp3) is 0.562. The van der Waals surface area contributed by atoms with Crippen molar-refractivity contribution >= 4 is 15.7 Å². The van der Waals surface area contributed by atoms with Gasteiger partial charge >= 0.3 is 0 Å². The number of nitrogens with zero attached hydrogens (tertiary/aromatic N) is 1. The summed E-state index contributed by atoms with van der Waals surface area (Å²) in [5.41, 5.74) is 0.870. The van der Waals surface area contributed by atoms with Crippen molar-refractivity contribution in [2.24, 2.45) is 5.92 Å². The zero-order valence-corrected chi connectivity index (χ0v) is 13.8. The summed E-state index contributed by atoms with van der Waals surface area (Å²) in [6.07, 6.45) is 0.977. The molecule has 0 unspecified atom stereocenters. The first-order valence-corrected chi connectivity index (χ1v) is 9.33. The Kier molecular flexibility index (Phi) is 5.21. The van der Waals surface area contributed by atoms with Crippen LogP contribution >= 0.6 is 0 Å². The molecule has 2 atom stereocenters. The lowest BCUT2D eigenvalue weighted by Crippen LogP contribution is -2.50. The van der Waals surface area contributed by atoms with E-state index in [1.807, 2.05) is 13.0 Å². The molecule has 0 aromatic heterocycles. The number of carbonyl (C=O) groups is 1. The van der Waals surface area contributed by atoms with Gasteiger partial charge in [0.15, 0.2) is 9.84 Å². The summed E-state index contributed by atoms with van der Waals surface area (Å²) < 4.78 is 36.3. The van der Waals surface area contributed by atoms with Gasteiger partial charge in [-0.2, -0.15) is 0 Å². The maximum absolute atomic E-state index is 13.2. The zero-order chi connectivity index (χ0) is 16.3. The predicted octanol–water partition coefficient (Wildman–Crippen LogP) is 2.04. The quantitative estimate of drug-likeness (QED) is 0.850. The van der Waals surface area contributed by atoms with Gasteiger partial charge in [0, 0.05) is 19.0 Å². The first-order chi connectivity index (χ1) is 10.3. The van der Waals surface area contributed by atoms with Crippen molar-refractivity contribution in [3.63, 3.8) is 0 Å². The molecule has 1 fully saturated rings. The van der Waals surface area contributed by atoms with Gasteiger partial charge in [0.1, 0.15) is 5.82 Å². The fourth-order valence-corrected chi connectivity index (χ4v) is 4.48. The maximum Gasteiger partial charge on any atom is 0.223 e. The summed E-state index contributed by atoms with van der Waals surface area (Å²) >= 11 is 0. The molecule has 1 saturated heterocycles. The number of benzene rings is 1. The highest BCUT2D eigenvalue weighted by molar-refractivity contribution is 7.91. The largest absolute Gasteiger partial charge is 0.338 e. The van der Waals surface area contributed by atoms with Gasteiger partial charge in [0.05, 0.1) is 11.5 Å². The first-order valence-electron chi connectivity index (χ1n) is 7.51. The van der Waals surface area contributed by atoms with Crippen LogP contribution in [0.1, 0.15) is 25.8 Å². The van der Waals surface area contributed by atoms with Crippen LogP contribution in [0.3, 0.4) is 0 Å². The van der Waals surface area contributed by atoms with Gasteiger partial charge in [-0.25, -0.2) is 12.8 Å². The molecule has 4 nitrogen and oxygen atoms in total. The summed E-state index contributed by atoms with van der Waals surface area (Å²) in [4.78, 5) is 14.0. The van der Waals surface area contributed by atoms with E-state index in [-0.39, 0.29) is 41.7 Å². The van der Waals surface area contributed by atoms with Crippen LogP contribution in [-0.2, 0) is 21.1 Å². The van der Waals surface area contributed by atoms with Crippen molar-refractivity contribution in [3.8, 4) is 0 Å². The highest BCUT2D eigenvalue weighted by Crippen LogP contribution is 2.18. The SMILES string of the molecule is C[C@@H](CC(=O)N1CCS(=O)(=O)C[C@H]1C)Cc1cccc(F)c1. The minimum Gasteiger partial charge on any atom is -0.338 e. The summed E-state index contributed by atoms with van der Waals surface area (Å²) in [5, 5.41) is 0. The number of halogens is 1. The Bertz CT molecular complexity index is 645. The Morgan fingerprint density at radius 3 is 2.82 bits per heavy atom. The second-order valence-corrected chi connectivity index (χ2v) is 8.42. The van der Waals surface area contributed by atoms with Crippen LogP contribution in [0.25, 0.3) is 0 Å². The first kappa shape index (κ1) is 16.9. The lowest BCUT2D eigenvalue weighted by atomic mass is 9.97. The summed E-state index contributed by atoms with van der Waals surface area (Å²) in [5.74, 6) is -0.129. The molecule has 1 aromatic rings. The normalized spacial score (nSPS) is 22.3. The molecule has 1 aliphatic heterocycles. The van der Waals surface area contributed by atoms with Gasteiger partial charge in [-0.1, -0.05) is 19.1 Å². The van der Waals surface area contributed by atoms with Crippen molar-refractivity contribution in [2.75, 3.05) is 18.1 Å². The molecule has 0 N–H and O–H groups in total. The lowest BCUT2D eigenvalue weighted by molar-refractivity contribution is -0.133. The molecule has 0 saturated carbocycles. The lowest BCUT2D eigenvalue weighted by Gasteiger charge is -2.34. The third-order valence-corrected chi connectivity index (χ3v) is 5.78. The molecule has 6 heteroatoms. The van der Waals surface area contributed by atoms with E-state index in [0.717, 1.165) is 5.56 Å². The van der Waals surface area contributed by atoms with E-state index < -0.39 is 9.84 Å². The number of hydrogen-bond acceptors (Lipinski definition) is 3. The molecule has 22 heavy (non-hydrogen) atoms. The average Bonchev–Trinajstić information content (AvgIpc) is 2.36. The van der Waals surface area contributed by atoms with Gasteiger partial charge in [0.2, 0.25) is 5.91 Å². The predicted molar refractivity (Wildman–Crippen MR) is 83.7 cm³/mol. The molecule has 122 valence electrons. The Labute approximate surface area is 131 Å². The second-order valence-electron chi connectivity index (χ2n) is 6.19. The molecular weight excluding hydrogens is 305 g/mol. The van der Waals surface area contributed by atoms with Crippen LogP contribution in [0.2, 0.25) is 0 Å². The number of sulfone groups is 1. The molecular formula is C16H22FNO3S. The molecule has 0 aliphatic carbocycles. The highest BCUT2D eigenvalue weighted by Gasteiger charge is 2.31. The van der Waals surface area contributed by atoms with Gasteiger partial charge in [-0.3, -0.25) is 4.79 Å². The van der Waals surface area contributed by atoms with E-state index in [2.05, 4.69) is 0 Å². The average molecular weight is 327 g/mol. The molecule has 0 spiro atoms. The monoisotopic (exact) mass is 327 g/mol. The molecule has 2 rings (SSSR count). The summed E-state index contributed by atoms with van der Waals surface area (Å²) in [7, 11) is -3.02. The molecule has 1 aliphatic rings. The van der Waals surface area contributed by atoms with Crippen LogP contribution in [0.15, 0.2) is 24.3 Å². The van der Waals surface area contributed by atoms with Crippen LogP contribution in [0.4, 0.5) is 4.39 Å². The van der Waals surface area contributed by atoms with E-state index in [1.54, 1.807) is 17.9 Å². The smallest absolute Gasteiger partial charge is 0.223 e. The van der Waals surface area contributed by atoms with Crippen molar-refractivity contribution in [3.05, 3.63) is 35.6 Å². The van der Waals surface area contributed by atoms with Crippen molar-refractivity contribution in [2.45, 2.75) is 32.7 Å². The van der Waals surface area contributed by atoms with Crippen LogP contribution in [-0.4, -0.2) is 43.3 Å². The van der Waals surface area contributed by atoms with Crippen LogP contribution < -0.4 is 0 Å². The summed E-state index contributed by atoms with van der Waals surface area (Å²) in [6, 6.07) is 6.12. The number of rotatable bonds is 4. The van der Waals surface area contributed by atoms with E-state index in [4.69, 9.17) is 0 Å². The number of carbonyl (C=O) groups excluding carboxylic acids is 1.